The molecule has 0 spiro atoms. The molecular formula is C10H13F2NO. The number of aliphatic hydroxyl groups is 1. The number of benzene rings is 1. The first-order chi connectivity index (χ1) is 6.57. The highest BCUT2D eigenvalue weighted by Crippen LogP contribution is 2.21. The quantitative estimate of drug-likeness (QED) is 0.777. The van der Waals surface area contributed by atoms with Crippen molar-refractivity contribution in [2.75, 3.05) is 13.6 Å². The zero-order valence-corrected chi connectivity index (χ0v) is 8.14. The second-order valence-corrected chi connectivity index (χ2v) is 3.15. The molecule has 4 heteroatoms. The second-order valence-electron chi connectivity index (χ2n) is 3.15. The molecule has 0 saturated carbocycles. The number of aliphatic hydroxyl groups excluding tert-OH is 1. The van der Waals surface area contributed by atoms with Crippen LogP contribution in [0.2, 0.25) is 0 Å². The SMILES string of the molecule is CNCC(O)c1ccc(F)c(C)c1F. The van der Waals surface area contributed by atoms with Gasteiger partial charge >= 0.3 is 0 Å². The van der Waals surface area contributed by atoms with Gasteiger partial charge in [-0.2, -0.15) is 0 Å². The fraction of sp³-hybridized carbons (Fsp3) is 0.400. The maximum atomic E-state index is 13.4. The maximum absolute atomic E-state index is 13.4. The van der Waals surface area contributed by atoms with Crippen LogP contribution < -0.4 is 5.32 Å². The van der Waals surface area contributed by atoms with E-state index < -0.39 is 17.7 Å². The fourth-order valence-electron chi connectivity index (χ4n) is 1.24. The Morgan fingerprint density at radius 3 is 2.64 bits per heavy atom. The Morgan fingerprint density at radius 2 is 2.07 bits per heavy atom. The summed E-state index contributed by atoms with van der Waals surface area (Å²) >= 11 is 0. The monoisotopic (exact) mass is 201 g/mol. The van der Waals surface area contributed by atoms with Crippen LogP contribution in [0.4, 0.5) is 8.78 Å². The summed E-state index contributed by atoms with van der Waals surface area (Å²) in [5.74, 6) is -1.27. The summed E-state index contributed by atoms with van der Waals surface area (Å²) in [7, 11) is 1.65. The molecule has 2 nitrogen and oxygen atoms in total. The molecule has 0 aliphatic heterocycles. The van der Waals surface area contributed by atoms with Crippen LogP contribution in [0.15, 0.2) is 12.1 Å². The number of halogens is 2. The van der Waals surface area contributed by atoms with Crippen LogP contribution in [-0.4, -0.2) is 18.7 Å². The van der Waals surface area contributed by atoms with Gasteiger partial charge in [0, 0.05) is 17.7 Å². The van der Waals surface area contributed by atoms with E-state index in [0.29, 0.717) is 0 Å². The van der Waals surface area contributed by atoms with Crippen molar-refractivity contribution in [2.24, 2.45) is 0 Å². The molecule has 1 aromatic rings. The van der Waals surface area contributed by atoms with E-state index in [1.165, 1.54) is 13.0 Å². The van der Waals surface area contributed by atoms with Gasteiger partial charge in [0.15, 0.2) is 0 Å². The molecule has 1 atom stereocenters. The van der Waals surface area contributed by atoms with Crippen molar-refractivity contribution in [3.63, 3.8) is 0 Å². The van der Waals surface area contributed by atoms with Gasteiger partial charge in [-0.3, -0.25) is 0 Å². The highest BCUT2D eigenvalue weighted by molar-refractivity contribution is 5.28. The lowest BCUT2D eigenvalue weighted by Crippen LogP contribution is -2.18. The average Bonchev–Trinajstić information content (AvgIpc) is 2.15. The Hall–Kier alpha value is -1.00. The summed E-state index contributed by atoms with van der Waals surface area (Å²) in [6.45, 7) is 1.59. The van der Waals surface area contributed by atoms with Gasteiger partial charge in [0.25, 0.3) is 0 Å². The predicted octanol–water partition coefficient (Wildman–Crippen LogP) is 1.53. The first-order valence-electron chi connectivity index (χ1n) is 4.35. The van der Waals surface area contributed by atoms with Gasteiger partial charge in [-0.25, -0.2) is 8.78 Å². The van der Waals surface area contributed by atoms with Gasteiger partial charge in [-0.15, -0.1) is 0 Å². The van der Waals surface area contributed by atoms with Crippen LogP contribution in [0.25, 0.3) is 0 Å². The van der Waals surface area contributed by atoms with Gasteiger partial charge in [-0.1, -0.05) is 6.07 Å². The minimum atomic E-state index is -0.945. The van der Waals surface area contributed by atoms with Gasteiger partial charge < -0.3 is 10.4 Å². The Kier molecular flexibility index (Phi) is 3.55. The van der Waals surface area contributed by atoms with E-state index in [2.05, 4.69) is 5.32 Å². The summed E-state index contributed by atoms with van der Waals surface area (Å²) in [5.41, 5.74) is 0.0657. The van der Waals surface area contributed by atoms with Crippen molar-refractivity contribution in [1.82, 2.24) is 5.32 Å². The topological polar surface area (TPSA) is 32.3 Å². The normalized spacial score (nSPS) is 12.9. The second kappa shape index (κ2) is 4.48. The minimum absolute atomic E-state index is 0.0577. The largest absolute Gasteiger partial charge is 0.387 e. The Labute approximate surface area is 81.6 Å². The molecule has 0 radical (unpaired) electrons. The summed E-state index contributed by atoms with van der Waals surface area (Å²) in [4.78, 5) is 0. The first kappa shape index (κ1) is 11.1. The zero-order valence-electron chi connectivity index (χ0n) is 8.14. The fourth-order valence-corrected chi connectivity index (χ4v) is 1.24. The molecule has 1 rings (SSSR count). The summed E-state index contributed by atoms with van der Waals surface area (Å²) < 4.78 is 26.3. The molecule has 0 aliphatic rings. The summed E-state index contributed by atoms with van der Waals surface area (Å²) in [6.07, 6.45) is -0.945. The smallest absolute Gasteiger partial charge is 0.134 e. The number of rotatable bonds is 3. The van der Waals surface area contributed by atoms with Crippen molar-refractivity contribution in [1.29, 1.82) is 0 Å². The Balaban J connectivity index is 3.04. The third kappa shape index (κ3) is 2.08. The lowest BCUT2D eigenvalue weighted by atomic mass is 10.1. The van der Waals surface area contributed by atoms with E-state index in [9.17, 15) is 13.9 Å². The number of hydrogen-bond donors (Lipinski definition) is 2. The van der Waals surface area contributed by atoms with Crippen molar-refractivity contribution in [3.05, 3.63) is 34.9 Å². The molecule has 1 aromatic carbocycles. The summed E-state index contributed by atoms with van der Waals surface area (Å²) in [5, 5.41) is 12.2. The van der Waals surface area contributed by atoms with Crippen molar-refractivity contribution in [3.8, 4) is 0 Å². The van der Waals surface area contributed by atoms with Crippen molar-refractivity contribution in [2.45, 2.75) is 13.0 Å². The first-order valence-corrected chi connectivity index (χ1v) is 4.35. The van der Waals surface area contributed by atoms with Crippen LogP contribution >= 0.6 is 0 Å². The van der Waals surface area contributed by atoms with Crippen LogP contribution in [0.5, 0.6) is 0 Å². The maximum Gasteiger partial charge on any atom is 0.134 e. The minimum Gasteiger partial charge on any atom is -0.387 e. The van der Waals surface area contributed by atoms with Gasteiger partial charge in [-0.05, 0) is 20.0 Å². The van der Waals surface area contributed by atoms with E-state index in [1.54, 1.807) is 7.05 Å². The lowest BCUT2D eigenvalue weighted by molar-refractivity contribution is 0.172. The Bertz CT molecular complexity index is 328. The third-order valence-electron chi connectivity index (χ3n) is 2.11. The standard InChI is InChI=1S/C10H13F2NO/c1-6-8(11)4-3-7(10(6)12)9(14)5-13-2/h3-4,9,13-14H,5H2,1-2H3. The molecule has 0 saturated heterocycles. The van der Waals surface area contributed by atoms with Crippen LogP contribution in [0.3, 0.4) is 0 Å². The van der Waals surface area contributed by atoms with E-state index in [-0.39, 0.29) is 17.7 Å². The van der Waals surface area contributed by atoms with Crippen LogP contribution in [-0.2, 0) is 0 Å². The third-order valence-corrected chi connectivity index (χ3v) is 2.11. The molecule has 78 valence electrons. The molecule has 2 N–H and O–H groups in total. The van der Waals surface area contributed by atoms with Crippen molar-refractivity contribution >= 4 is 0 Å². The van der Waals surface area contributed by atoms with Crippen LogP contribution in [0.1, 0.15) is 17.2 Å². The van der Waals surface area contributed by atoms with E-state index in [4.69, 9.17) is 0 Å². The highest BCUT2D eigenvalue weighted by atomic mass is 19.1. The van der Waals surface area contributed by atoms with Crippen molar-refractivity contribution < 1.29 is 13.9 Å². The molecular weight excluding hydrogens is 188 g/mol. The molecule has 0 heterocycles. The zero-order chi connectivity index (χ0) is 10.7. The van der Waals surface area contributed by atoms with Gasteiger partial charge in [0.1, 0.15) is 11.6 Å². The van der Waals surface area contributed by atoms with E-state index in [0.717, 1.165) is 6.07 Å². The predicted molar refractivity (Wildman–Crippen MR) is 50.0 cm³/mol. The van der Waals surface area contributed by atoms with Gasteiger partial charge in [0.05, 0.1) is 6.10 Å². The van der Waals surface area contributed by atoms with Crippen LogP contribution in [0, 0.1) is 18.6 Å². The molecule has 1 unspecified atom stereocenters. The molecule has 0 fully saturated rings. The van der Waals surface area contributed by atoms with E-state index in [1.807, 2.05) is 0 Å². The molecule has 0 aliphatic carbocycles. The molecule has 0 aromatic heterocycles. The highest BCUT2D eigenvalue weighted by Gasteiger charge is 2.15. The van der Waals surface area contributed by atoms with Gasteiger partial charge in [0.2, 0.25) is 0 Å². The molecule has 0 bridgehead atoms. The summed E-state index contributed by atoms with van der Waals surface area (Å²) in [6, 6.07) is 2.42. The Morgan fingerprint density at radius 1 is 1.43 bits per heavy atom. The number of likely N-dealkylation sites (N-methyl/N-ethyl adjacent to an activating group) is 1. The lowest BCUT2D eigenvalue weighted by Gasteiger charge is -2.12. The number of hydrogen-bond acceptors (Lipinski definition) is 2. The van der Waals surface area contributed by atoms with E-state index >= 15 is 0 Å². The molecule has 0 amide bonds. The molecule has 14 heavy (non-hydrogen) atoms. The average molecular weight is 201 g/mol. The number of nitrogens with one attached hydrogen (secondary N) is 1.